The van der Waals surface area contributed by atoms with Crippen LogP contribution in [0.25, 0.3) is 0 Å². The number of benzene rings is 1. The number of aryl methyl sites for hydroxylation is 1. The normalized spacial score (nSPS) is 9.38. The number of terminal acetylenes is 1. The summed E-state index contributed by atoms with van der Waals surface area (Å²) in [6.07, 6.45) is 5.16. The van der Waals surface area contributed by atoms with Crippen LogP contribution >= 0.6 is 0 Å². The molecule has 0 fully saturated rings. The van der Waals surface area contributed by atoms with Crippen molar-refractivity contribution in [3.05, 3.63) is 29.3 Å². The van der Waals surface area contributed by atoms with E-state index in [2.05, 4.69) is 5.92 Å². The largest absolute Gasteiger partial charge is 0.496 e. The first kappa shape index (κ1) is 12.1. The van der Waals surface area contributed by atoms with E-state index in [-0.39, 0.29) is 5.91 Å². The summed E-state index contributed by atoms with van der Waals surface area (Å²) in [6.45, 7) is 2.23. The minimum atomic E-state index is -0.101. The Kier molecular flexibility index (Phi) is 3.96. The molecule has 0 saturated heterocycles. The molecule has 0 aromatic heterocycles. The Morgan fingerprint density at radius 3 is 2.81 bits per heavy atom. The van der Waals surface area contributed by atoms with E-state index in [9.17, 15) is 4.79 Å². The van der Waals surface area contributed by atoms with E-state index in [1.54, 1.807) is 26.3 Å². The van der Waals surface area contributed by atoms with E-state index in [0.717, 1.165) is 5.56 Å². The molecule has 0 bridgehead atoms. The van der Waals surface area contributed by atoms with Crippen LogP contribution in [0.2, 0.25) is 0 Å². The third-order valence-electron chi connectivity index (χ3n) is 2.33. The molecule has 3 heteroatoms. The summed E-state index contributed by atoms with van der Waals surface area (Å²) >= 11 is 0. The van der Waals surface area contributed by atoms with Crippen LogP contribution in [0.1, 0.15) is 15.9 Å². The summed E-state index contributed by atoms with van der Waals surface area (Å²) in [6, 6.07) is 5.35. The van der Waals surface area contributed by atoms with Crippen LogP contribution in [0.4, 0.5) is 0 Å². The van der Waals surface area contributed by atoms with Gasteiger partial charge in [0.15, 0.2) is 0 Å². The van der Waals surface area contributed by atoms with Gasteiger partial charge in [0.1, 0.15) is 5.75 Å². The van der Waals surface area contributed by atoms with Crippen molar-refractivity contribution in [1.29, 1.82) is 0 Å². The number of hydrogen-bond donors (Lipinski definition) is 0. The molecule has 0 aliphatic carbocycles. The molecule has 0 radical (unpaired) electrons. The van der Waals surface area contributed by atoms with E-state index in [4.69, 9.17) is 11.2 Å². The fourth-order valence-corrected chi connectivity index (χ4v) is 1.38. The zero-order valence-electron chi connectivity index (χ0n) is 9.78. The van der Waals surface area contributed by atoms with E-state index < -0.39 is 0 Å². The van der Waals surface area contributed by atoms with Crippen molar-refractivity contribution in [3.8, 4) is 18.1 Å². The molecule has 1 rings (SSSR count). The van der Waals surface area contributed by atoms with E-state index in [0.29, 0.717) is 17.9 Å². The highest BCUT2D eigenvalue weighted by Gasteiger charge is 2.12. The Labute approximate surface area is 96.0 Å². The Hall–Kier alpha value is -1.95. The van der Waals surface area contributed by atoms with Crippen LogP contribution in [0.5, 0.6) is 5.75 Å². The summed E-state index contributed by atoms with van der Waals surface area (Å²) < 4.78 is 5.16. The van der Waals surface area contributed by atoms with Gasteiger partial charge in [-0.25, -0.2) is 0 Å². The van der Waals surface area contributed by atoms with E-state index in [1.807, 2.05) is 13.0 Å². The molecule has 0 aliphatic heterocycles. The summed E-state index contributed by atoms with van der Waals surface area (Å²) in [5, 5.41) is 0. The first-order valence-electron chi connectivity index (χ1n) is 4.93. The third-order valence-corrected chi connectivity index (χ3v) is 2.33. The second-order valence-corrected chi connectivity index (χ2v) is 3.55. The molecule has 0 unspecified atom stereocenters. The van der Waals surface area contributed by atoms with Gasteiger partial charge in [-0.2, -0.15) is 0 Å². The number of carbonyl (C=O) groups is 1. The van der Waals surface area contributed by atoms with Crippen LogP contribution in [0, 0.1) is 19.3 Å². The van der Waals surface area contributed by atoms with Gasteiger partial charge in [-0.3, -0.25) is 4.79 Å². The van der Waals surface area contributed by atoms with Crippen LogP contribution in [-0.2, 0) is 0 Å². The highest BCUT2D eigenvalue weighted by Crippen LogP contribution is 2.19. The predicted molar refractivity (Wildman–Crippen MR) is 63.5 cm³/mol. The van der Waals surface area contributed by atoms with Crippen molar-refractivity contribution in [1.82, 2.24) is 4.90 Å². The molecule has 1 aromatic carbocycles. The van der Waals surface area contributed by atoms with Crippen LogP contribution < -0.4 is 4.74 Å². The van der Waals surface area contributed by atoms with Gasteiger partial charge in [0, 0.05) is 12.6 Å². The molecule has 0 heterocycles. The SMILES string of the molecule is C#CCN(C)C(=O)c1ccc(C)c(OC)c1. The number of amides is 1. The average molecular weight is 217 g/mol. The van der Waals surface area contributed by atoms with Crippen LogP contribution in [0.3, 0.4) is 0 Å². The van der Waals surface area contributed by atoms with Crippen molar-refractivity contribution >= 4 is 5.91 Å². The zero-order valence-corrected chi connectivity index (χ0v) is 9.78. The molecule has 0 spiro atoms. The lowest BCUT2D eigenvalue weighted by molar-refractivity contribution is 0.0812. The lowest BCUT2D eigenvalue weighted by Crippen LogP contribution is -2.26. The van der Waals surface area contributed by atoms with Crippen molar-refractivity contribution < 1.29 is 9.53 Å². The van der Waals surface area contributed by atoms with Gasteiger partial charge in [0.2, 0.25) is 0 Å². The molecular formula is C13H15NO2. The van der Waals surface area contributed by atoms with Gasteiger partial charge < -0.3 is 9.64 Å². The standard InChI is InChI=1S/C13H15NO2/c1-5-8-14(3)13(15)11-7-6-10(2)12(9-11)16-4/h1,6-7,9H,8H2,2-4H3. The smallest absolute Gasteiger partial charge is 0.254 e. The minimum absolute atomic E-state index is 0.101. The Morgan fingerprint density at radius 2 is 2.25 bits per heavy atom. The maximum atomic E-state index is 11.9. The van der Waals surface area contributed by atoms with Crippen molar-refractivity contribution in [2.24, 2.45) is 0 Å². The van der Waals surface area contributed by atoms with Gasteiger partial charge in [-0.1, -0.05) is 12.0 Å². The number of nitrogens with zero attached hydrogens (tertiary/aromatic N) is 1. The minimum Gasteiger partial charge on any atom is -0.496 e. The van der Waals surface area contributed by atoms with E-state index >= 15 is 0 Å². The Balaban J connectivity index is 2.97. The fraction of sp³-hybridized carbons (Fsp3) is 0.308. The van der Waals surface area contributed by atoms with Crippen LogP contribution in [-0.4, -0.2) is 31.5 Å². The number of carbonyl (C=O) groups excluding carboxylic acids is 1. The van der Waals surface area contributed by atoms with Gasteiger partial charge in [-0.05, 0) is 24.6 Å². The zero-order chi connectivity index (χ0) is 12.1. The van der Waals surface area contributed by atoms with Crippen molar-refractivity contribution in [2.75, 3.05) is 20.7 Å². The summed E-state index contributed by atoms with van der Waals surface area (Å²) in [7, 11) is 3.26. The summed E-state index contributed by atoms with van der Waals surface area (Å²) in [5.74, 6) is 3.04. The van der Waals surface area contributed by atoms with Gasteiger partial charge >= 0.3 is 0 Å². The lowest BCUT2D eigenvalue weighted by Gasteiger charge is -2.14. The maximum absolute atomic E-state index is 11.9. The van der Waals surface area contributed by atoms with Crippen molar-refractivity contribution in [3.63, 3.8) is 0 Å². The molecule has 0 atom stereocenters. The monoisotopic (exact) mass is 217 g/mol. The van der Waals surface area contributed by atoms with Crippen molar-refractivity contribution in [2.45, 2.75) is 6.92 Å². The van der Waals surface area contributed by atoms with Gasteiger partial charge in [0.05, 0.1) is 13.7 Å². The number of hydrogen-bond acceptors (Lipinski definition) is 2. The van der Waals surface area contributed by atoms with Gasteiger partial charge in [-0.15, -0.1) is 6.42 Å². The first-order valence-corrected chi connectivity index (χ1v) is 4.93. The van der Waals surface area contributed by atoms with E-state index in [1.165, 1.54) is 4.90 Å². The fourth-order valence-electron chi connectivity index (χ4n) is 1.38. The summed E-state index contributed by atoms with van der Waals surface area (Å²) in [5.41, 5.74) is 1.58. The number of rotatable bonds is 3. The third kappa shape index (κ3) is 2.54. The molecular weight excluding hydrogens is 202 g/mol. The molecule has 1 aromatic rings. The molecule has 0 aliphatic rings. The number of methoxy groups -OCH3 is 1. The predicted octanol–water partition coefficient (Wildman–Crippen LogP) is 1.71. The molecule has 84 valence electrons. The van der Waals surface area contributed by atoms with Gasteiger partial charge in [0.25, 0.3) is 5.91 Å². The molecule has 3 nitrogen and oxygen atoms in total. The maximum Gasteiger partial charge on any atom is 0.254 e. The second kappa shape index (κ2) is 5.22. The van der Waals surface area contributed by atoms with Crippen LogP contribution in [0.15, 0.2) is 18.2 Å². The Bertz CT molecular complexity index is 432. The second-order valence-electron chi connectivity index (χ2n) is 3.55. The highest BCUT2D eigenvalue weighted by atomic mass is 16.5. The number of ether oxygens (including phenoxy) is 1. The lowest BCUT2D eigenvalue weighted by atomic mass is 10.1. The first-order chi connectivity index (χ1) is 7.60. The topological polar surface area (TPSA) is 29.5 Å². The average Bonchev–Trinajstić information content (AvgIpc) is 2.29. The molecule has 1 amide bonds. The highest BCUT2D eigenvalue weighted by molar-refractivity contribution is 5.94. The summed E-state index contributed by atoms with van der Waals surface area (Å²) in [4.78, 5) is 13.4. The Morgan fingerprint density at radius 1 is 1.56 bits per heavy atom. The molecule has 0 N–H and O–H groups in total. The molecule has 0 saturated carbocycles. The molecule has 16 heavy (non-hydrogen) atoms. The quantitative estimate of drug-likeness (QED) is 0.721.